The summed E-state index contributed by atoms with van der Waals surface area (Å²) in [6, 6.07) is -0.181. The number of ether oxygens (including phenoxy) is 1. The van der Waals surface area contributed by atoms with E-state index in [-0.39, 0.29) is 0 Å². The second-order valence-electron chi connectivity index (χ2n) is 4.67. The lowest BCUT2D eigenvalue weighted by molar-refractivity contribution is -0.143. The van der Waals surface area contributed by atoms with Crippen molar-refractivity contribution in [2.45, 2.75) is 24.8 Å². The number of sulfonamides is 1. The quantitative estimate of drug-likeness (QED) is 0.623. The lowest BCUT2D eigenvalue weighted by Gasteiger charge is -2.20. The van der Waals surface area contributed by atoms with Crippen molar-refractivity contribution in [3.05, 3.63) is 23.8 Å². The van der Waals surface area contributed by atoms with Crippen LogP contribution < -0.4 is 10.5 Å². The van der Waals surface area contributed by atoms with E-state index in [2.05, 4.69) is 4.74 Å². The molecular weight excluding hydrogens is 306 g/mol. The van der Waals surface area contributed by atoms with Gasteiger partial charge in [-0.25, -0.2) is 17.2 Å². The standard InChI is InChI=1S/C12H16F2N2O4S/c1-6(2)11(12(17)20-3)16-21(18,19)10-5-9(15)7(13)4-8(10)14/h4-6,11,16H,15H2,1-3H3. The normalized spacial score (nSPS) is 13.2. The number of esters is 1. The zero-order chi connectivity index (χ0) is 16.4. The Labute approximate surface area is 121 Å². The molecule has 0 heterocycles. The Balaban J connectivity index is 3.23. The fourth-order valence-corrected chi connectivity index (χ4v) is 2.99. The summed E-state index contributed by atoms with van der Waals surface area (Å²) in [6.45, 7) is 3.17. The summed E-state index contributed by atoms with van der Waals surface area (Å²) in [5, 5.41) is 0. The van der Waals surface area contributed by atoms with Crippen molar-refractivity contribution in [2.75, 3.05) is 12.8 Å². The van der Waals surface area contributed by atoms with Gasteiger partial charge in [-0.15, -0.1) is 0 Å². The van der Waals surface area contributed by atoms with Crippen LogP contribution in [0.1, 0.15) is 13.8 Å². The third-order valence-corrected chi connectivity index (χ3v) is 4.20. The van der Waals surface area contributed by atoms with Gasteiger partial charge in [-0.2, -0.15) is 4.72 Å². The minimum Gasteiger partial charge on any atom is -0.468 e. The highest BCUT2D eigenvalue weighted by Gasteiger charge is 2.31. The van der Waals surface area contributed by atoms with Gasteiger partial charge in [0.1, 0.15) is 22.6 Å². The molecule has 3 N–H and O–H groups in total. The number of carbonyl (C=O) groups excluding carboxylic acids is 1. The van der Waals surface area contributed by atoms with Crippen molar-refractivity contribution in [3.8, 4) is 0 Å². The summed E-state index contributed by atoms with van der Waals surface area (Å²) in [6.07, 6.45) is 0. The summed E-state index contributed by atoms with van der Waals surface area (Å²) < 4.78 is 57.4. The van der Waals surface area contributed by atoms with Crippen molar-refractivity contribution >= 4 is 21.7 Å². The lowest BCUT2D eigenvalue weighted by Crippen LogP contribution is -2.45. The molecule has 1 rings (SSSR count). The number of hydrogen-bond acceptors (Lipinski definition) is 5. The van der Waals surface area contributed by atoms with Crippen molar-refractivity contribution in [1.29, 1.82) is 0 Å². The molecule has 0 aliphatic rings. The molecule has 0 aliphatic heterocycles. The SMILES string of the molecule is COC(=O)C(NS(=O)(=O)c1cc(N)c(F)cc1F)C(C)C. The third-order valence-electron chi connectivity index (χ3n) is 2.74. The number of nitrogens with one attached hydrogen (secondary N) is 1. The second kappa shape index (κ2) is 6.35. The Morgan fingerprint density at radius 3 is 2.33 bits per heavy atom. The van der Waals surface area contributed by atoms with Gasteiger partial charge in [-0.1, -0.05) is 13.8 Å². The van der Waals surface area contributed by atoms with Crippen molar-refractivity contribution < 1.29 is 26.7 Å². The maximum absolute atomic E-state index is 13.6. The molecule has 1 aromatic carbocycles. The highest BCUT2D eigenvalue weighted by atomic mass is 32.2. The molecular formula is C12H16F2N2O4S. The van der Waals surface area contributed by atoms with Crippen molar-refractivity contribution in [1.82, 2.24) is 4.72 Å². The number of nitrogen functional groups attached to an aromatic ring is 1. The summed E-state index contributed by atoms with van der Waals surface area (Å²) in [4.78, 5) is 10.7. The molecule has 1 aromatic rings. The Hall–Kier alpha value is -1.74. The van der Waals surface area contributed by atoms with E-state index in [1.54, 1.807) is 13.8 Å². The van der Waals surface area contributed by atoms with E-state index < -0.39 is 50.2 Å². The van der Waals surface area contributed by atoms with E-state index in [9.17, 15) is 22.0 Å². The zero-order valence-corrected chi connectivity index (χ0v) is 12.5. The molecule has 1 unspecified atom stereocenters. The number of methoxy groups -OCH3 is 1. The highest BCUT2D eigenvalue weighted by Crippen LogP contribution is 2.21. The average Bonchev–Trinajstić information content (AvgIpc) is 2.38. The van der Waals surface area contributed by atoms with Crippen LogP contribution in [-0.2, 0) is 19.6 Å². The maximum atomic E-state index is 13.6. The first-order valence-corrected chi connectivity index (χ1v) is 7.43. The molecule has 0 aromatic heterocycles. The minimum absolute atomic E-state index is 0.367. The molecule has 0 saturated carbocycles. The molecule has 0 amide bonds. The van der Waals surface area contributed by atoms with Gasteiger partial charge in [0.25, 0.3) is 0 Å². The molecule has 118 valence electrons. The Kier molecular flexibility index (Phi) is 5.24. The largest absolute Gasteiger partial charge is 0.468 e. The number of benzene rings is 1. The van der Waals surface area contributed by atoms with Gasteiger partial charge < -0.3 is 10.5 Å². The molecule has 0 spiro atoms. The van der Waals surface area contributed by atoms with Gasteiger partial charge >= 0.3 is 5.97 Å². The number of anilines is 1. The smallest absolute Gasteiger partial charge is 0.324 e. The Bertz CT molecular complexity index is 647. The molecule has 1 atom stereocenters. The van der Waals surface area contributed by atoms with Crippen LogP contribution in [0, 0.1) is 17.6 Å². The average molecular weight is 322 g/mol. The van der Waals surface area contributed by atoms with Crippen molar-refractivity contribution in [3.63, 3.8) is 0 Å². The Morgan fingerprint density at radius 2 is 1.86 bits per heavy atom. The van der Waals surface area contributed by atoms with Crippen LogP contribution in [0.3, 0.4) is 0 Å². The fourth-order valence-electron chi connectivity index (χ4n) is 1.56. The first-order valence-electron chi connectivity index (χ1n) is 5.94. The van der Waals surface area contributed by atoms with Gasteiger partial charge in [-0.05, 0) is 12.0 Å². The van der Waals surface area contributed by atoms with Crippen LogP contribution in [-0.4, -0.2) is 27.5 Å². The molecule has 6 nitrogen and oxygen atoms in total. The molecule has 0 saturated heterocycles. The monoisotopic (exact) mass is 322 g/mol. The molecule has 0 bridgehead atoms. The number of halogens is 2. The van der Waals surface area contributed by atoms with E-state index in [4.69, 9.17) is 5.73 Å². The first kappa shape index (κ1) is 17.3. The van der Waals surface area contributed by atoms with Crippen LogP contribution in [0.4, 0.5) is 14.5 Å². The number of nitrogens with two attached hydrogens (primary N) is 1. The summed E-state index contributed by atoms with van der Waals surface area (Å²) in [5.74, 6) is -3.63. The Morgan fingerprint density at radius 1 is 1.29 bits per heavy atom. The highest BCUT2D eigenvalue weighted by molar-refractivity contribution is 7.89. The maximum Gasteiger partial charge on any atom is 0.324 e. The summed E-state index contributed by atoms with van der Waals surface area (Å²) in [5.41, 5.74) is 4.72. The van der Waals surface area contributed by atoms with Gasteiger partial charge in [0.05, 0.1) is 12.8 Å². The molecule has 0 aliphatic carbocycles. The number of rotatable bonds is 5. The lowest BCUT2D eigenvalue weighted by atomic mass is 10.1. The number of carbonyl (C=O) groups is 1. The molecule has 0 radical (unpaired) electrons. The third kappa shape index (κ3) is 3.88. The predicted molar refractivity (Wildman–Crippen MR) is 71.7 cm³/mol. The first-order chi connectivity index (χ1) is 9.60. The van der Waals surface area contributed by atoms with E-state index in [1.807, 2.05) is 4.72 Å². The van der Waals surface area contributed by atoms with Crippen molar-refractivity contribution in [2.24, 2.45) is 5.92 Å². The van der Waals surface area contributed by atoms with E-state index >= 15 is 0 Å². The molecule has 21 heavy (non-hydrogen) atoms. The number of hydrogen-bond donors (Lipinski definition) is 2. The van der Waals surface area contributed by atoms with Crippen LogP contribution in [0.25, 0.3) is 0 Å². The van der Waals surface area contributed by atoms with Crippen LogP contribution in [0.15, 0.2) is 17.0 Å². The molecule has 0 fully saturated rings. The minimum atomic E-state index is -4.40. The van der Waals surface area contributed by atoms with E-state index in [0.717, 1.165) is 7.11 Å². The van der Waals surface area contributed by atoms with Gasteiger partial charge in [-0.3, -0.25) is 4.79 Å². The van der Waals surface area contributed by atoms with Gasteiger partial charge in [0.15, 0.2) is 0 Å². The topological polar surface area (TPSA) is 98.5 Å². The van der Waals surface area contributed by atoms with E-state index in [1.165, 1.54) is 0 Å². The fraction of sp³-hybridized carbons (Fsp3) is 0.417. The zero-order valence-electron chi connectivity index (χ0n) is 11.7. The van der Waals surface area contributed by atoms with Gasteiger partial charge in [0, 0.05) is 6.07 Å². The van der Waals surface area contributed by atoms with E-state index in [0.29, 0.717) is 12.1 Å². The summed E-state index contributed by atoms with van der Waals surface area (Å²) in [7, 11) is -3.30. The van der Waals surface area contributed by atoms with Crippen LogP contribution in [0.2, 0.25) is 0 Å². The second-order valence-corrected chi connectivity index (χ2v) is 6.35. The van der Waals surface area contributed by atoms with Gasteiger partial charge in [0.2, 0.25) is 10.0 Å². The van der Waals surface area contributed by atoms with Crippen LogP contribution in [0.5, 0.6) is 0 Å². The van der Waals surface area contributed by atoms with Crippen LogP contribution >= 0.6 is 0 Å². The predicted octanol–water partition coefficient (Wildman–Crippen LogP) is 1.02. The molecule has 9 heteroatoms. The summed E-state index contributed by atoms with van der Waals surface area (Å²) >= 11 is 0.